The zero-order chi connectivity index (χ0) is 19.6. The van der Waals surface area contributed by atoms with Crippen molar-refractivity contribution in [1.82, 2.24) is 20.4 Å². The molecule has 0 fully saturated rings. The maximum absolute atomic E-state index is 12.9. The minimum Gasteiger partial charge on any atom is -0.356 e. The van der Waals surface area contributed by atoms with E-state index in [2.05, 4.69) is 34.6 Å². The quantitative estimate of drug-likeness (QED) is 0.172. The molecule has 0 atom stereocenters. The van der Waals surface area contributed by atoms with E-state index in [1.54, 1.807) is 18.8 Å². The molecule has 2 rings (SSSR count). The number of aromatic nitrogens is 2. The van der Waals surface area contributed by atoms with Gasteiger partial charge in [-0.05, 0) is 49.3 Å². The van der Waals surface area contributed by atoms with Crippen LogP contribution in [-0.4, -0.2) is 35.1 Å². The van der Waals surface area contributed by atoms with Crippen LogP contribution < -0.4 is 10.6 Å². The molecular weight excluding hydrogens is 488 g/mol. The number of rotatable bonds is 9. The molecular formula is C20H31FIN5S. The number of nitrogens with one attached hydrogen (secondary N) is 2. The molecule has 2 aromatic rings. The molecule has 0 saturated heterocycles. The van der Waals surface area contributed by atoms with Gasteiger partial charge in [0.05, 0.1) is 5.69 Å². The second-order valence-electron chi connectivity index (χ2n) is 6.21. The lowest BCUT2D eigenvalue weighted by atomic mass is 10.1. The summed E-state index contributed by atoms with van der Waals surface area (Å²) >= 11 is 1.73. The molecule has 1 aromatic heterocycles. The van der Waals surface area contributed by atoms with Gasteiger partial charge in [-0.15, -0.1) is 35.7 Å². The fourth-order valence-electron chi connectivity index (χ4n) is 2.99. The lowest BCUT2D eigenvalue weighted by Crippen LogP contribution is -2.37. The molecule has 0 saturated carbocycles. The number of guanidine groups is 1. The van der Waals surface area contributed by atoms with Crippen LogP contribution in [-0.2, 0) is 26.4 Å². The van der Waals surface area contributed by atoms with Gasteiger partial charge in [0.25, 0.3) is 0 Å². The number of nitrogens with zero attached hydrogens (tertiary/aromatic N) is 3. The summed E-state index contributed by atoms with van der Waals surface area (Å²) in [7, 11) is 3.79. The van der Waals surface area contributed by atoms with Crippen molar-refractivity contribution in [2.24, 2.45) is 12.0 Å². The highest BCUT2D eigenvalue weighted by molar-refractivity contribution is 14.0. The van der Waals surface area contributed by atoms with Crippen LogP contribution >= 0.6 is 35.7 Å². The Bertz CT molecular complexity index is 746. The van der Waals surface area contributed by atoms with E-state index in [0.717, 1.165) is 54.7 Å². The third kappa shape index (κ3) is 7.27. The Hall–Kier alpha value is -1.29. The first-order chi connectivity index (χ1) is 13.1. The average Bonchev–Trinajstić information content (AvgIpc) is 2.99. The van der Waals surface area contributed by atoms with Crippen molar-refractivity contribution in [3.05, 3.63) is 47.0 Å². The molecule has 28 heavy (non-hydrogen) atoms. The summed E-state index contributed by atoms with van der Waals surface area (Å²) in [6.45, 7) is 5.86. The Morgan fingerprint density at radius 1 is 1.18 bits per heavy atom. The summed E-state index contributed by atoms with van der Waals surface area (Å²) < 4.78 is 14.9. The normalized spacial score (nSPS) is 11.2. The van der Waals surface area contributed by atoms with Gasteiger partial charge in [-0.25, -0.2) is 4.39 Å². The number of hydrogen-bond donors (Lipinski definition) is 2. The summed E-state index contributed by atoms with van der Waals surface area (Å²) in [4.78, 5) is 5.40. The Morgan fingerprint density at radius 2 is 1.89 bits per heavy atom. The van der Waals surface area contributed by atoms with Gasteiger partial charge in [-0.2, -0.15) is 5.10 Å². The Morgan fingerprint density at radius 3 is 2.50 bits per heavy atom. The van der Waals surface area contributed by atoms with Gasteiger partial charge in [0.1, 0.15) is 5.82 Å². The second kappa shape index (κ2) is 13.0. The van der Waals surface area contributed by atoms with E-state index in [1.165, 1.54) is 23.4 Å². The third-order valence-electron chi connectivity index (χ3n) is 4.38. The molecule has 0 bridgehead atoms. The zero-order valence-electron chi connectivity index (χ0n) is 17.1. The van der Waals surface area contributed by atoms with Crippen molar-refractivity contribution in [2.45, 2.75) is 44.6 Å². The maximum Gasteiger partial charge on any atom is 0.191 e. The molecule has 5 nitrogen and oxygen atoms in total. The minimum absolute atomic E-state index is 0. The highest BCUT2D eigenvalue weighted by atomic mass is 127. The smallest absolute Gasteiger partial charge is 0.191 e. The van der Waals surface area contributed by atoms with Crippen LogP contribution in [0.3, 0.4) is 0 Å². The summed E-state index contributed by atoms with van der Waals surface area (Å²) in [6.07, 6.45) is 2.89. The Kier molecular flexibility index (Phi) is 11.5. The van der Waals surface area contributed by atoms with Crippen molar-refractivity contribution < 1.29 is 4.39 Å². The van der Waals surface area contributed by atoms with Gasteiger partial charge in [-0.3, -0.25) is 9.67 Å². The molecule has 156 valence electrons. The van der Waals surface area contributed by atoms with Crippen LogP contribution in [0.4, 0.5) is 4.39 Å². The number of aliphatic imine (C=N–C) groups is 1. The number of aryl methyl sites for hydroxylation is 2. The minimum atomic E-state index is -0.193. The van der Waals surface area contributed by atoms with Gasteiger partial charge in [0.2, 0.25) is 0 Å². The van der Waals surface area contributed by atoms with Crippen LogP contribution in [0.15, 0.2) is 34.2 Å². The molecule has 1 heterocycles. The predicted molar refractivity (Wildman–Crippen MR) is 127 cm³/mol. The van der Waals surface area contributed by atoms with E-state index in [0.29, 0.717) is 0 Å². The number of benzene rings is 1. The molecule has 8 heteroatoms. The lowest BCUT2D eigenvalue weighted by Gasteiger charge is -2.13. The maximum atomic E-state index is 12.9. The van der Waals surface area contributed by atoms with Crippen LogP contribution in [0, 0.1) is 5.82 Å². The van der Waals surface area contributed by atoms with Gasteiger partial charge in [0, 0.05) is 43.3 Å². The average molecular weight is 519 g/mol. The first-order valence-electron chi connectivity index (χ1n) is 9.45. The van der Waals surface area contributed by atoms with Crippen LogP contribution in [0.2, 0.25) is 0 Å². The lowest BCUT2D eigenvalue weighted by molar-refractivity contribution is 0.626. The number of hydrogen-bond acceptors (Lipinski definition) is 3. The summed E-state index contributed by atoms with van der Waals surface area (Å²) in [6, 6.07) is 6.64. The molecule has 0 spiro atoms. The topological polar surface area (TPSA) is 54.2 Å². The van der Waals surface area contributed by atoms with Gasteiger partial charge in [0.15, 0.2) is 5.96 Å². The van der Waals surface area contributed by atoms with E-state index in [1.807, 2.05) is 23.9 Å². The highest BCUT2D eigenvalue weighted by Gasteiger charge is 2.13. The van der Waals surface area contributed by atoms with Crippen molar-refractivity contribution in [1.29, 1.82) is 0 Å². The third-order valence-corrected chi connectivity index (χ3v) is 5.48. The Balaban J connectivity index is 0.00000392. The molecule has 0 aliphatic heterocycles. The fraction of sp³-hybridized carbons (Fsp3) is 0.500. The fourth-order valence-corrected chi connectivity index (χ4v) is 3.84. The van der Waals surface area contributed by atoms with E-state index in [-0.39, 0.29) is 29.8 Å². The van der Waals surface area contributed by atoms with Crippen molar-refractivity contribution in [3.8, 4) is 0 Å². The summed E-state index contributed by atoms with van der Waals surface area (Å²) in [5.74, 6) is 1.58. The van der Waals surface area contributed by atoms with Gasteiger partial charge in [-0.1, -0.05) is 13.8 Å². The molecule has 0 unspecified atom stereocenters. The van der Waals surface area contributed by atoms with Gasteiger partial charge < -0.3 is 10.6 Å². The van der Waals surface area contributed by atoms with Crippen molar-refractivity contribution >= 4 is 41.7 Å². The SMILES string of the molecule is CCc1nn(C)c(CC)c1CNC(=NC)NCCCSc1ccc(F)cc1.I. The van der Waals surface area contributed by atoms with Crippen LogP contribution in [0.1, 0.15) is 37.2 Å². The van der Waals surface area contributed by atoms with E-state index in [4.69, 9.17) is 0 Å². The Labute approximate surface area is 189 Å². The molecule has 0 aliphatic rings. The van der Waals surface area contributed by atoms with Crippen molar-refractivity contribution in [3.63, 3.8) is 0 Å². The van der Waals surface area contributed by atoms with E-state index < -0.39 is 0 Å². The van der Waals surface area contributed by atoms with E-state index >= 15 is 0 Å². The first kappa shape index (κ1) is 24.7. The molecule has 1 aromatic carbocycles. The summed E-state index contributed by atoms with van der Waals surface area (Å²) in [5, 5.41) is 11.4. The first-order valence-corrected chi connectivity index (χ1v) is 10.4. The summed E-state index contributed by atoms with van der Waals surface area (Å²) in [5.41, 5.74) is 3.69. The van der Waals surface area contributed by atoms with Crippen LogP contribution in [0.5, 0.6) is 0 Å². The molecule has 0 amide bonds. The number of halogens is 2. The molecule has 0 radical (unpaired) electrons. The number of thioether (sulfide) groups is 1. The standard InChI is InChI=1S/C20H30FN5S.HI/c1-5-18-17(19(6-2)26(4)25-18)14-24-20(22-3)23-12-7-13-27-16-10-8-15(21)9-11-16;/h8-11H,5-7,12-14H2,1-4H3,(H2,22,23,24);1H. The van der Waals surface area contributed by atoms with Crippen molar-refractivity contribution in [2.75, 3.05) is 19.3 Å². The zero-order valence-corrected chi connectivity index (χ0v) is 20.2. The van der Waals surface area contributed by atoms with Crippen LogP contribution in [0.25, 0.3) is 0 Å². The van der Waals surface area contributed by atoms with Gasteiger partial charge >= 0.3 is 0 Å². The second-order valence-corrected chi connectivity index (χ2v) is 7.38. The monoisotopic (exact) mass is 519 g/mol. The molecule has 2 N–H and O–H groups in total. The van der Waals surface area contributed by atoms with E-state index in [9.17, 15) is 4.39 Å². The highest BCUT2D eigenvalue weighted by Crippen LogP contribution is 2.18. The molecule has 0 aliphatic carbocycles. The largest absolute Gasteiger partial charge is 0.356 e. The predicted octanol–water partition coefficient (Wildman–Crippen LogP) is 4.15.